The van der Waals surface area contributed by atoms with Crippen molar-refractivity contribution in [1.82, 2.24) is 0 Å². The van der Waals surface area contributed by atoms with E-state index >= 15 is 0 Å². The number of ether oxygens (including phenoxy) is 2. The van der Waals surface area contributed by atoms with Crippen LogP contribution in [0.5, 0.6) is 11.5 Å². The highest BCUT2D eigenvalue weighted by Gasteiger charge is 2.08. The van der Waals surface area contributed by atoms with E-state index in [-0.39, 0.29) is 0 Å². The van der Waals surface area contributed by atoms with E-state index in [0.29, 0.717) is 29.8 Å². The van der Waals surface area contributed by atoms with Crippen LogP contribution in [0.15, 0.2) is 60.7 Å². The van der Waals surface area contributed by atoms with Gasteiger partial charge < -0.3 is 14.8 Å². The van der Waals surface area contributed by atoms with E-state index < -0.39 is 0 Å². The third-order valence-electron chi connectivity index (χ3n) is 4.20. The van der Waals surface area contributed by atoms with Gasteiger partial charge in [-0.15, -0.1) is 0 Å². The first-order valence-electron chi connectivity index (χ1n) is 9.18. The van der Waals surface area contributed by atoms with Gasteiger partial charge in [0.1, 0.15) is 6.61 Å². The second-order valence-electron chi connectivity index (χ2n) is 6.47. The lowest BCUT2D eigenvalue weighted by Gasteiger charge is -2.15. The fraction of sp³-hybridized carbons (Fsp3) is 0.217. The predicted molar refractivity (Wildman–Crippen MR) is 117 cm³/mol. The van der Waals surface area contributed by atoms with Gasteiger partial charge in [0.2, 0.25) is 0 Å². The fourth-order valence-electron chi connectivity index (χ4n) is 2.84. The van der Waals surface area contributed by atoms with Gasteiger partial charge in [-0.05, 0) is 55.3 Å². The summed E-state index contributed by atoms with van der Waals surface area (Å²) < 4.78 is 11.8. The van der Waals surface area contributed by atoms with Crippen molar-refractivity contribution in [3.05, 3.63) is 87.4 Å². The van der Waals surface area contributed by atoms with E-state index in [2.05, 4.69) is 30.4 Å². The molecule has 3 aromatic rings. The first-order chi connectivity index (χ1) is 13.5. The summed E-state index contributed by atoms with van der Waals surface area (Å²) in [4.78, 5) is 0. The van der Waals surface area contributed by atoms with Gasteiger partial charge in [-0.25, -0.2) is 0 Å². The van der Waals surface area contributed by atoms with Crippen molar-refractivity contribution >= 4 is 28.9 Å². The molecule has 3 rings (SSSR count). The van der Waals surface area contributed by atoms with E-state index in [1.807, 2.05) is 37.3 Å². The number of benzene rings is 3. The Balaban J connectivity index is 1.70. The predicted octanol–water partition coefficient (Wildman–Crippen LogP) is 6.89. The maximum Gasteiger partial charge on any atom is 0.161 e. The van der Waals surface area contributed by atoms with E-state index in [0.717, 1.165) is 28.3 Å². The Morgan fingerprint density at radius 3 is 2.50 bits per heavy atom. The second-order valence-corrected chi connectivity index (χ2v) is 7.31. The number of hydrogen-bond acceptors (Lipinski definition) is 3. The van der Waals surface area contributed by atoms with Crippen LogP contribution < -0.4 is 14.8 Å². The Bertz CT molecular complexity index is 944. The summed E-state index contributed by atoms with van der Waals surface area (Å²) in [5, 5.41) is 4.58. The molecule has 0 heterocycles. The zero-order valence-electron chi connectivity index (χ0n) is 16.0. The largest absolute Gasteiger partial charge is 0.490 e. The summed E-state index contributed by atoms with van der Waals surface area (Å²) in [5.74, 6) is 1.46. The molecule has 0 fully saturated rings. The quantitative estimate of drug-likeness (QED) is 0.434. The molecule has 3 nitrogen and oxygen atoms in total. The zero-order valence-corrected chi connectivity index (χ0v) is 17.5. The van der Waals surface area contributed by atoms with Gasteiger partial charge in [0.05, 0.1) is 17.3 Å². The van der Waals surface area contributed by atoms with Gasteiger partial charge in [-0.3, -0.25) is 0 Å². The summed E-state index contributed by atoms with van der Waals surface area (Å²) >= 11 is 12.3. The maximum absolute atomic E-state index is 6.21. The molecular weight excluding hydrogens is 393 g/mol. The molecule has 0 aliphatic rings. The van der Waals surface area contributed by atoms with E-state index in [4.69, 9.17) is 32.7 Å². The number of rotatable bonds is 8. The van der Waals surface area contributed by atoms with E-state index in [1.54, 1.807) is 12.1 Å². The van der Waals surface area contributed by atoms with Crippen LogP contribution in [0.1, 0.15) is 23.6 Å². The number of hydrogen-bond donors (Lipinski definition) is 1. The van der Waals surface area contributed by atoms with Crippen molar-refractivity contribution in [3.63, 3.8) is 0 Å². The van der Waals surface area contributed by atoms with Gasteiger partial charge in [-0.1, -0.05) is 59.1 Å². The lowest BCUT2D eigenvalue weighted by molar-refractivity contribution is 0.269. The average Bonchev–Trinajstić information content (AvgIpc) is 2.68. The summed E-state index contributed by atoms with van der Waals surface area (Å²) in [6.07, 6.45) is 0. The van der Waals surface area contributed by atoms with Crippen LogP contribution in [0, 0.1) is 6.92 Å². The highest BCUT2D eigenvalue weighted by molar-refractivity contribution is 6.35. The molecule has 0 atom stereocenters. The zero-order chi connectivity index (χ0) is 19.9. The fourth-order valence-corrected chi connectivity index (χ4v) is 3.20. The average molecular weight is 416 g/mol. The molecule has 5 heteroatoms. The van der Waals surface area contributed by atoms with E-state index in [1.165, 1.54) is 5.56 Å². The summed E-state index contributed by atoms with van der Waals surface area (Å²) in [6, 6.07) is 19.6. The summed E-state index contributed by atoms with van der Waals surface area (Å²) in [6.45, 7) is 5.69. The molecule has 0 saturated heterocycles. The number of halogens is 2. The molecule has 0 aliphatic carbocycles. The molecular formula is C23H23Cl2NO2. The smallest absolute Gasteiger partial charge is 0.161 e. The van der Waals surface area contributed by atoms with Gasteiger partial charge in [0.15, 0.2) is 11.5 Å². The molecule has 0 aromatic heterocycles. The Kier molecular flexibility index (Phi) is 7.07. The van der Waals surface area contributed by atoms with Gasteiger partial charge in [-0.2, -0.15) is 0 Å². The topological polar surface area (TPSA) is 30.5 Å². The lowest BCUT2D eigenvalue weighted by Crippen LogP contribution is -2.03. The molecule has 3 aromatic carbocycles. The third kappa shape index (κ3) is 5.57. The summed E-state index contributed by atoms with van der Waals surface area (Å²) in [7, 11) is 0. The van der Waals surface area contributed by atoms with Crippen LogP contribution in [-0.4, -0.2) is 6.61 Å². The SMILES string of the molecule is CCOc1cc(CNc2cc(Cl)ccc2Cl)ccc1OCc1cccc(C)c1. The first kappa shape index (κ1) is 20.4. The minimum Gasteiger partial charge on any atom is -0.490 e. The molecule has 0 amide bonds. The standard InChI is InChI=1S/C23H23Cl2NO2/c1-3-27-23-12-17(14-26-21-13-19(24)8-9-20(21)25)7-10-22(23)28-15-18-6-4-5-16(2)11-18/h4-13,26H,3,14-15H2,1-2H3. The molecule has 0 bridgehead atoms. The van der Waals surface area contributed by atoms with Crippen LogP contribution in [0.4, 0.5) is 5.69 Å². The third-order valence-corrected chi connectivity index (χ3v) is 4.76. The minimum absolute atomic E-state index is 0.497. The number of nitrogens with one attached hydrogen (secondary N) is 1. The molecule has 28 heavy (non-hydrogen) atoms. The van der Waals surface area contributed by atoms with Crippen molar-refractivity contribution < 1.29 is 9.47 Å². The van der Waals surface area contributed by atoms with Crippen molar-refractivity contribution in [1.29, 1.82) is 0 Å². The van der Waals surface area contributed by atoms with Crippen molar-refractivity contribution in [3.8, 4) is 11.5 Å². The maximum atomic E-state index is 6.21. The molecule has 146 valence electrons. The highest BCUT2D eigenvalue weighted by Crippen LogP contribution is 2.31. The van der Waals surface area contributed by atoms with Crippen LogP contribution in [0.25, 0.3) is 0 Å². The first-order valence-corrected chi connectivity index (χ1v) is 9.93. The second kappa shape index (κ2) is 9.72. The monoisotopic (exact) mass is 415 g/mol. The van der Waals surface area contributed by atoms with Crippen molar-refractivity contribution in [2.24, 2.45) is 0 Å². The lowest BCUT2D eigenvalue weighted by atomic mass is 10.1. The number of anilines is 1. The molecule has 0 spiro atoms. The molecule has 0 unspecified atom stereocenters. The van der Waals surface area contributed by atoms with Gasteiger partial charge in [0, 0.05) is 11.6 Å². The van der Waals surface area contributed by atoms with E-state index in [9.17, 15) is 0 Å². The molecule has 0 aliphatic heterocycles. The Hall–Kier alpha value is -2.36. The Labute approximate surface area is 176 Å². The van der Waals surface area contributed by atoms with Crippen LogP contribution >= 0.6 is 23.2 Å². The van der Waals surface area contributed by atoms with Gasteiger partial charge in [0.25, 0.3) is 0 Å². The minimum atomic E-state index is 0.497. The van der Waals surface area contributed by atoms with Gasteiger partial charge >= 0.3 is 0 Å². The molecule has 1 N–H and O–H groups in total. The number of aryl methyl sites for hydroxylation is 1. The van der Waals surface area contributed by atoms with Crippen molar-refractivity contribution in [2.75, 3.05) is 11.9 Å². The normalized spacial score (nSPS) is 10.6. The Morgan fingerprint density at radius 2 is 1.71 bits per heavy atom. The van der Waals surface area contributed by atoms with Crippen LogP contribution in [0.3, 0.4) is 0 Å². The van der Waals surface area contributed by atoms with Crippen LogP contribution in [-0.2, 0) is 13.2 Å². The molecule has 0 saturated carbocycles. The Morgan fingerprint density at radius 1 is 0.857 bits per heavy atom. The van der Waals surface area contributed by atoms with Crippen LogP contribution in [0.2, 0.25) is 10.0 Å². The van der Waals surface area contributed by atoms with Crippen molar-refractivity contribution in [2.45, 2.75) is 27.0 Å². The molecule has 0 radical (unpaired) electrons. The highest BCUT2D eigenvalue weighted by atomic mass is 35.5. The summed E-state index contributed by atoms with van der Waals surface area (Å²) in [5.41, 5.74) is 4.20.